The number of hydrogen-bond donors (Lipinski definition) is 4. The van der Waals surface area contributed by atoms with Gasteiger partial charge in [0.05, 0.1) is 25.0 Å². The van der Waals surface area contributed by atoms with Crippen molar-refractivity contribution in [1.29, 1.82) is 0 Å². The minimum absolute atomic E-state index is 0.156. The Morgan fingerprint density at radius 3 is 2.66 bits per heavy atom. The number of alkyl halides is 3. The third kappa shape index (κ3) is 4.84. The van der Waals surface area contributed by atoms with E-state index < -0.39 is 47.3 Å². The summed E-state index contributed by atoms with van der Waals surface area (Å²) in [7, 11) is 1.18. The van der Waals surface area contributed by atoms with Crippen LogP contribution in [0.2, 0.25) is 0 Å². The van der Waals surface area contributed by atoms with Crippen molar-refractivity contribution in [3.05, 3.63) is 35.5 Å². The Morgan fingerprint density at radius 1 is 1.31 bits per heavy atom. The number of ether oxygens (including phenoxy) is 1. The van der Waals surface area contributed by atoms with Crippen LogP contribution in [0.4, 0.5) is 36.3 Å². The van der Waals surface area contributed by atoms with Crippen LogP contribution in [0.25, 0.3) is 0 Å². The number of methoxy groups -OCH3 is 1. The van der Waals surface area contributed by atoms with Gasteiger partial charge in [0, 0.05) is 24.0 Å². The first-order chi connectivity index (χ1) is 16.5. The van der Waals surface area contributed by atoms with Gasteiger partial charge in [-0.2, -0.15) is 18.2 Å². The molecular weight excluding hydrogens is 469 g/mol. The molecule has 1 aliphatic heterocycles. The molecule has 1 atom stereocenters. The topological polar surface area (TPSA) is 148 Å². The van der Waals surface area contributed by atoms with Crippen molar-refractivity contribution in [2.24, 2.45) is 11.1 Å². The summed E-state index contributed by atoms with van der Waals surface area (Å²) in [5, 5.41) is 8.17. The molecule has 0 bridgehead atoms. The quantitative estimate of drug-likeness (QED) is 0.411. The molecule has 13 heteroatoms. The number of fused-ring (bicyclic) bond motifs is 1. The first-order valence-corrected chi connectivity index (χ1v) is 10.8. The Hall–Kier alpha value is -3.90. The molecule has 2 aliphatic rings. The molecule has 2 aromatic rings. The monoisotopic (exact) mass is 492 g/mol. The molecule has 1 aliphatic carbocycles. The summed E-state index contributed by atoms with van der Waals surface area (Å²) < 4.78 is 46.2. The molecule has 35 heavy (non-hydrogen) atoms. The molecule has 0 saturated heterocycles. The summed E-state index contributed by atoms with van der Waals surface area (Å²) in [5.41, 5.74) is 4.81. The van der Waals surface area contributed by atoms with E-state index in [1.54, 1.807) is 18.2 Å². The molecule has 2 amide bonds. The smallest absolute Gasteiger partial charge is 0.421 e. The average molecular weight is 492 g/mol. The van der Waals surface area contributed by atoms with Crippen LogP contribution in [0.5, 0.6) is 0 Å². The molecule has 10 nitrogen and oxygen atoms in total. The fourth-order valence-corrected chi connectivity index (χ4v) is 4.40. The molecule has 0 radical (unpaired) electrons. The van der Waals surface area contributed by atoms with Gasteiger partial charge in [0.15, 0.2) is 0 Å². The van der Waals surface area contributed by atoms with Crippen LogP contribution in [0.15, 0.2) is 24.4 Å². The lowest BCUT2D eigenvalue weighted by atomic mass is 9.63. The second-order valence-corrected chi connectivity index (χ2v) is 8.54. The number of rotatable bonds is 8. The average Bonchev–Trinajstić information content (AvgIpc) is 3.11. The van der Waals surface area contributed by atoms with Crippen molar-refractivity contribution in [2.45, 2.75) is 44.3 Å². The van der Waals surface area contributed by atoms with Crippen molar-refractivity contribution in [2.75, 3.05) is 23.1 Å². The zero-order valence-corrected chi connectivity index (χ0v) is 18.7. The van der Waals surface area contributed by atoms with E-state index in [2.05, 4.69) is 25.9 Å². The summed E-state index contributed by atoms with van der Waals surface area (Å²) in [6.07, 6.45) is -3.13. The number of amides is 2. The number of nitrogens with two attached hydrogens (primary N) is 1. The lowest BCUT2D eigenvalue weighted by Gasteiger charge is -2.45. The minimum Gasteiger partial charge on any atom is -0.469 e. The van der Waals surface area contributed by atoms with Crippen molar-refractivity contribution >= 4 is 40.9 Å². The van der Waals surface area contributed by atoms with Gasteiger partial charge in [0.25, 0.3) is 0 Å². The van der Waals surface area contributed by atoms with E-state index in [-0.39, 0.29) is 18.3 Å². The maximum absolute atomic E-state index is 13.8. The molecule has 1 saturated carbocycles. The number of aromatic nitrogens is 2. The fourth-order valence-electron chi connectivity index (χ4n) is 4.40. The van der Waals surface area contributed by atoms with Crippen LogP contribution in [0.3, 0.4) is 0 Å². The van der Waals surface area contributed by atoms with Crippen molar-refractivity contribution < 1.29 is 32.3 Å². The van der Waals surface area contributed by atoms with Crippen LogP contribution in [0.1, 0.15) is 36.8 Å². The Balaban J connectivity index is 1.67. The van der Waals surface area contributed by atoms with E-state index in [0.29, 0.717) is 36.8 Å². The number of anilines is 4. The number of halogens is 3. The van der Waals surface area contributed by atoms with Gasteiger partial charge in [0.1, 0.15) is 11.4 Å². The summed E-state index contributed by atoms with van der Waals surface area (Å²) in [4.78, 5) is 43.6. The highest BCUT2D eigenvalue weighted by atomic mass is 19.4. The van der Waals surface area contributed by atoms with Gasteiger partial charge in [-0.15, -0.1) is 0 Å². The second-order valence-electron chi connectivity index (χ2n) is 8.54. The van der Waals surface area contributed by atoms with Gasteiger partial charge < -0.3 is 26.4 Å². The first-order valence-electron chi connectivity index (χ1n) is 10.8. The number of benzene rings is 1. The van der Waals surface area contributed by atoms with E-state index in [1.807, 2.05) is 0 Å². The predicted molar refractivity (Wildman–Crippen MR) is 119 cm³/mol. The highest BCUT2D eigenvalue weighted by Gasteiger charge is 2.52. The standard InChI is InChI=1S/C22H23F3N6O4/c1-35-19(34)21(5-2-6-21)15(9-16(26)32)30-18-13(22(23,24)25)10-27-20(31-18)28-12-3-4-14-11(7-12)8-17(33)29-14/h3-4,7,10,15H,2,5-6,8-9H2,1H3,(H2,26,32)(H,29,33)(H2,27,28,30,31). The summed E-state index contributed by atoms with van der Waals surface area (Å²) in [5.74, 6) is -2.35. The van der Waals surface area contributed by atoms with E-state index in [4.69, 9.17) is 10.5 Å². The first kappa shape index (κ1) is 24.2. The zero-order valence-electron chi connectivity index (χ0n) is 18.7. The summed E-state index contributed by atoms with van der Waals surface area (Å²) >= 11 is 0. The van der Waals surface area contributed by atoms with Gasteiger partial charge in [0.2, 0.25) is 17.8 Å². The number of carbonyl (C=O) groups is 3. The Kier molecular flexibility index (Phi) is 6.26. The summed E-state index contributed by atoms with van der Waals surface area (Å²) in [6.45, 7) is 0. The molecule has 1 fully saturated rings. The van der Waals surface area contributed by atoms with E-state index in [9.17, 15) is 27.6 Å². The van der Waals surface area contributed by atoms with Crippen LogP contribution in [-0.2, 0) is 31.7 Å². The number of hydrogen-bond acceptors (Lipinski definition) is 8. The largest absolute Gasteiger partial charge is 0.469 e. The predicted octanol–water partition coefficient (Wildman–Crippen LogP) is 2.73. The third-order valence-electron chi connectivity index (χ3n) is 6.30. The highest BCUT2D eigenvalue weighted by Crippen LogP contribution is 2.47. The van der Waals surface area contributed by atoms with Crippen LogP contribution < -0.4 is 21.7 Å². The zero-order chi connectivity index (χ0) is 25.4. The number of primary amides is 1. The molecule has 1 unspecified atom stereocenters. The Bertz CT molecular complexity index is 1180. The molecular formula is C22H23F3N6O4. The van der Waals surface area contributed by atoms with Gasteiger partial charge in [-0.25, -0.2) is 4.98 Å². The second kappa shape index (κ2) is 9.04. The number of esters is 1. The maximum Gasteiger partial charge on any atom is 0.421 e. The lowest BCUT2D eigenvalue weighted by molar-refractivity contribution is -0.160. The van der Waals surface area contributed by atoms with Gasteiger partial charge in [-0.05, 0) is 36.6 Å². The molecule has 1 aromatic heterocycles. The Labute approximate surface area is 197 Å². The van der Waals surface area contributed by atoms with Crippen LogP contribution >= 0.6 is 0 Å². The maximum atomic E-state index is 13.8. The van der Waals surface area contributed by atoms with Crippen molar-refractivity contribution in [3.8, 4) is 0 Å². The van der Waals surface area contributed by atoms with Gasteiger partial charge in [-0.3, -0.25) is 14.4 Å². The Morgan fingerprint density at radius 2 is 2.06 bits per heavy atom. The van der Waals surface area contributed by atoms with Crippen molar-refractivity contribution in [1.82, 2.24) is 9.97 Å². The van der Waals surface area contributed by atoms with E-state index in [1.165, 1.54) is 7.11 Å². The molecule has 186 valence electrons. The SMILES string of the molecule is COC(=O)C1(C(CC(N)=O)Nc2nc(Nc3ccc4c(c3)CC(=O)N4)ncc2C(F)(F)F)CCC1. The van der Waals surface area contributed by atoms with Crippen LogP contribution in [-0.4, -0.2) is 40.9 Å². The number of carbonyl (C=O) groups excluding carboxylic acids is 3. The number of nitrogens with zero attached hydrogens (tertiary/aromatic N) is 2. The van der Waals surface area contributed by atoms with E-state index >= 15 is 0 Å². The molecule has 2 heterocycles. The van der Waals surface area contributed by atoms with Crippen LogP contribution in [0, 0.1) is 5.41 Å². The highest BCUT2D eigenvalue weighted by molar-refractivity contribution is 5.99. The van der Waals surface area contributed by atoms with Gasteiger partial charge in [-0.1, -0.05) is 6.42 Å². The number of nitrogens with one attached hydrogen (secondary N) is 3. The molecule has 1 aromatic carbocycles. The molecule has 0 spiro atoms. The third-order valence-corrected chi connectivity index (χ3v) is 6.30. The van der Waals surface area contributed by atoms with Crippen molar-refractivity contribution in [3.63, 3.8) is 0 Å². The fraction of sp³-hybridized carbons (Fsp3) is 0.409. The minimum atomic E-state index is -4.81. The summed E-state index contributed by atoms with van der Waals surface area (Å²) in [6, 6.07) is 3.88. The van der Waals surface area contributed by atoms with E-state index in [0.717, 1.165) is 5.56 Å². The molecule has 4 rings (SSSR count). The van der Waals surface area contributed by atoms with Gasteiger partial charge >= 0.3 is 12.1 Å². The normalized spacial score (nSPS) is 17.0. The lowest BCUT2D eigenvalue weighted by Crippen LogP contribution is -2.53. The molecule has 5 N–H and O–H groups in total.